The van der Waals surface area contributed by atoms with Crippen LogP contribution in [0, 0.1) is 0 Å². The molecule has 12 heteroatoms. The maximum Gasteiger partial charge on any atom is 1.00 e. The van der Waals surface area contributed by atoms with Gasteiger partial charge in [0.25, 0.3) is 0 Å². The van der Waals surface area contributed by atoms with Crippen molar-refractivity contribution in [2.45, 2.75) is 0 Å². The summed E-state index contributed by atoms with van der Waals surface area (Å²) in [6.07, 6.45) is 0. The second kappa shape index (κ2) is 11.7. The number of fused-ring (bicyclic) bond motifs is 1. The Labute approximate surface area is 218 Å². The van der Waals surface area contributed by atoms with Gasteiger partial charge in [0.2, 0.25) is 0 Å². The number of carbonyl (C=O) groups is 2. The first-order valence-electron chi connectivity index (χ1n) is 7.77. The van der Waals surface area contributed by atoms with E-state index < -0.39 is 29.0 Å². The van der Waals surface area contributed by atoms with Crippen molar-refractivity contribution in [1.29, 1.82) is 0 Å². The maximum atomic E-state index is 11.6. The summed E-state index contributed by atoms with van der Waals surface area (Å²) in [7, 11) is 0. The number of benzene rings is 1. The van der Waals surface area contributed by atoms with Gasteiger partial charge < -0.3 is 33.7 Å². The third kappa shape index (κ3) is 6.71. The fourth-order valence-electron chi connectivity index (χ4n) is 2.34. The van der Waals surface area contributed by atoms with Gasteiger partial charge in [0.1, 0.15) is 30.3 Å². The Bertz CT molecular complexity index is 1100. The van der Waals surface area contributed by atoms with Crippen molar-refractivity contribution in [3.8, 4) is 11.5 Å². The van der Waals surface area contributed by atoms with Crippen LogP contribution in [0.2, 0.25) is 5.02 Å². The second-order valence-corrected chi connectivity index (χ2v) is 5.85. The van der Waals surface area contributed by atoms with E-state index in [2.05, 4.69) is 4.98 Å². The predicted molar refractivity (Wildman–Crippen MR) is 91.4 cm³/mol. The molecule has 9 nitrogen and oxygen atoms in total. The summed E-state index contributed by atoms with van der Waals surface area (Å²) in [4.78, 5) is 36.8. The van der Waals surface area contributed by atoms with E-state index in [1.807, 2.05) is 0 Å². The molecule has 2 heterocycles. The van der Waals surface area contributed by atoms with Crippen LogP contribution in [0.25, 0.3) is 11.0 Å². The molecule has 0 unspecified atom stereocenters. The van der Waals surface area contributed by atoms with Gasteiger partial charge in [-0.25, -0.2) is 9.78 Å². The van der Waals surface area contributed by atoms with E-state index in [9.17, 15) is 24.6 Å². The number of carbonyl (C=O) groups excluding carboxylic acids is 2. The van der Waals surface area contributed by atoms with E-state index in [1.54, 1.807) is 12.1 Å². The number of rotatable bonds is 7. The number of pyridine rings is 1. The van der Waals surface area contributed by atoms with E-state index >= 15 is 0 Å². The molecule has 3 aromatic rings. The van der Waals surface area contributed by atoms with Crippen LogP contribution in [-0.2, 0) is 0 Å². The molecule has 0 atom stereocenters. The number of hydrogen-bond donors (Lipinski definition) is 0. The molecule has 0 N–H and O–H groups in total. The molecule has 0 bridgehead atoms. The van der Waals surface area contributed by atoms with Crippen LogP contribution in [0.4, 0.5) is 0 Å². The van der Waals surface area contributed by atoms with Gasteiger partial charge in [-0.3, -0.25) is 0 Å². The smallest absolute Gasteiger partial charge is 0.543 e. The number of ether oxygens (including phenoxy) is 2. The molecule has 0 amide bonds. The van der Waals surface area contributed by atoms with Crippen LogP contribution in [0.15, 0.2) is 45.6 Å². The number of halogens is 1. The molecule has 2 aromatic heterocycles. The van der Waals surface area contributed by atoms with Crippen molar-refractivity contribution in [3.05, 3.63) is 63.2 Å². The average Bonchev–Trinajstić information content (AvgIpc) is 2.64. The van der Waals surface area contributed by atoms with Gasteiger partial charge in [-0.2, -0.15) is 0 Å². The molecule has 0 spiro atoms. The molecule has 0 radical (unpaired) electrons. The van der Waals surface area contributed by atoms with Gasteiger partial charge in [-0.15, -0.1) is 0 Å². The third-order valence-electron chi connectivity index (χ3n) is 3.50. The minimum atomic E-state index is -1.66. The predicted octanol–water partition coefficient (Wildman–Crippen LogP) is -5.97. The zero-order valence-corrected chi connectivity index (χ0v) is 20.7. The molecule has 0 saturated carbocycles. The van der Waals surface area contributed by atoms with Crippen LogP contribution in [0.3, 0.4) is 0 Å². The first-order chi connectivity index (χ1) is 13.3. The van der Waals surface area contributed by atoms with E-state index in [0.29, 0.717) is 10.4 Å². The van der Waals surface area contributed by atoms with Crippen LogP contribution in [-0.4, -0.2) is 30.1 Å². The van der Waals surface area contributed by atoms with Gasteiger partial charge >= 0.3 is 64.7 Å². The summed E-state index contributed by atoms with van der Waals surface area (Å²) in [5.74, 6) is -3.15. The molecular formula is C18H10ClNNa2O8. The van der Waals surface area contributed by atoms with Crippen molar-refractivity contribution in [2.24, 2.45) is 0 Å². The summed E-state index contributed by atoms with van der Waals surface area (Å²) in [5, 5.41) is 22.7. The Morgan fingerprint density at radius 2 is 1.57 bits per heavy atom. The summed E-state index contributed by atoms with van der Waals surface area (Å²) < 4.78 is 15.9. The van der Waals surface area contributed by atoms with Crippen LogP contribution in [0.1, 0.15) is 21.0 Å². The summed E-state index contributed by atoms with van der Waals surface area (Å²) in [5.41, 5.74) is -1.60. The first kappa shape index (κ1) is 26.4. The monoisotopic (exact) mass is 449 g/mol. The molecule has 30 heavy (non-hydrogen) atoms. The zero-order valence-electron chi connectivity index (χ0n) is 16.0. The van der Waals surface area contributed by atoms with Gasteiger partial charge in [0.05, 0.1) is 34.8 Å². The minimum Gasteiger partial charge on any atom is -0.543 e. The number of hydrogen-bond acceptors (Lipinski definition) is 9. The molecule has 1 aromatic carbocycles. The van der Waals surface area contributed by atoms with E-state index in [0.717, 1.165) is 18.2 Å². The molecule has 3 rings (SSSR count). The van der Waals surface area contributed by atoms with E-state index in [4.69, 9.17) is 25.5 Å². The molecule has 0 saturated heterocycles. The van der Waals surface area contributed by atoms with E-state index in [1.165, 1.54) is 6.07 Å². The number of nitrogens with zero attached hydrogens (tertiary/aromatic N) is 1. The summed E-state index contributed by atoms with van der Waals surface area (Å²) in [6, 6.07) is 7.88. The standard InChI is InChI=1S/C18H12ClNO8.2Na/c19-9-1-2-11-14(8-16(21)28-15(11)5-9)27-4-3-26-10-6-12(17(22)23)20-13(7-10)18(24)25;;/h1-2,5-8H,3-4H2,(H,22,23)(H,24,25);;/q;2*+1/p-2. The fourth-order valence-corrected chi connectivity index (χ4v) is 2.50. The van der Waals surface area contributed by atoms with Gasteiger partial charge in [0, 0.05) is 23.2 Å². The number of aromatic nitrogens is 1. The molecule has 144 valence electrons. The van der Waals surface area contributed by atoms with E-state index in [-0.39, 0.29) is 89.4 Å². The number of carboxylic acid groups (broad SMARTS) is 2. The van der Waals surface area contributed by atoms with Crippen LogP contribution in [0.5, 0.6) is 11.5 Å². The normalized spacial score (nSPS) is 9.90. The first-order valence-corrected chi connectivity index (χ1v) is 8.15. The topological polar surface area (TPSA) is 142 Å². The average molecular weight is 450 g/mol. The SMILES string of the molecule is O=C([O-])c1cc(OCCOc2cc(=O)oc3cc(Cl)ccc23)cc(C(=O)[O-])n1.[Na+].[Na+]. The summed E-state index contributed by atoms with van der Waals surface area (Å²) >= 11 is 5.87. The Morgan fingerprint density at radius 3 is 2.17 bits per heavy atom. The van der Waals surface area contributed by atoms with Crippen LogP contribution < -0.4 is 84.4 Å². The molecule has 0 fully saturated rings. The molecule has 0 aliphatic carbocycles. The van der Waals surface area contributed by atoms with Crippen molar-refractivity contribution in [1.82, 2.24) is 4.98 Å². The number of carboxylic acids is 2. The summed E-state index contributed by atoms with van der Waals surface area (Å²) in [6.45, 7) is -0.122. The maximum absolute atomic E-state index is 11.6. The van der Waals surface area contributed by atoms with Crippen molar-refractivity contribution >= 4 is 34.5 Å². The third-order valence-corrected chi connectivity index (χ3v) is 3.73. The van der Waals surface area contributed by atoms with Crippen molar-refractivity contribution < 1.29 is 92.8 Å². The minimum absolute atomic E-state index is 0. The Balaban J connectivity index is 0.00000225. The van der Waals surface area contributed by atoms with Gasteiger partial charge in [0.15, 0.2) is 0 Å². The zero-order chi connectivity index (χ0) is 20.3. The largest absolute Gasteiger partial charge is 1.00 e. The molecule has 0 aliphatic heterocycles. The number of aromatic carboxylic acids is 2. The molecule has 0 aliphatic rings. The Hall–Kier alpha value is -1.59. The molecular weight excluding hydrogens is 440 g/mol. The van der Waals surface area contributed by atoms with Crippen molar-refractivity contribution in [2.75, 3.05) is 13.2 Å². The van der Waals surface area contributed by atoms with Gasteiger partial charge in [-0.1, -0.05) is 11.6 Å². The van der Waals surface area contributed by atoms with Crippen molar-refractivity contribution in [3.63, 3.8) is 0 Å². The Morgan fingerprint density at radius 1 is 0.967 bits per heavy atom. The quantitative estimate of drug-likeness (QED) is 0.196. The fraction of sp³-hybridized carbons (Fsp3) is 0.111. The van der Waals surface area contributed by atoms with Gasteiger partial charge in [-0.05, 0) is 12.1 Å². The van der Waals surface area contributed by atoms with Crippen LogP contribution >= 0.6 is 11.6 Å². The Kier molecular flexibility index (Phi) is 10.3. The second-order valence-electron chi connectivity index (χ2n) is 5.42.